The second-order valence-electron chi connectivity index (χ2n) is 4.22. The van der Waals surface area contributed by atoms with Crippen LogP contribution < -0.4 is 16.4 Å². The molecule has 1 fully saturated rings. The highest BCUT2D eigenvalue weighted by Gasteiger charge is 2.22. The highest BCUT2D eigenvalue weighted by Crippen LogP contribution is 2.07. The van der Waals surface area contributed by atoms with Crippen molar-refractivity contribution >= 4 is 29.0 Å². The molecule has 0 aromatic rings. The summed E-state index contributed by atoms with van der Waals surface area (Å²) in [6.45, 7) is 1.85. The molecule has 0 saturated carbocycles. The van der Waals surface area contributed by atoms with Crippen molar-refractivity contribution in [3.63, 3.8) is 0 Å². The molecule has 1 atom stereocenters. The molecule has 0 bridgehead atoms. The van der Waals surface area contributed by atoms with Crippen LogP contribution in [-0.2, 0) is 9.59 Å². The van der Waals surface area contributed by atoms with Crippen molar-refractivity contribution in [1.82, 2.24) is 15.5 Å². The van der Waals surface area contributed by atoms with Gasteiger partial charge in [0.25, 0.3) is 0 Å². The summed E-state index contributed by atoms with van der Waals surface area (Å²) >= 11 is 4.60. The van der Waals surface area contributed by atoms with Crippen LogP contribution in [0.1, 0.15) is 12.8 Å². The quantitative estimate of drug-likeness (QED) is 0.428. The van der Waals surface area contributed by atoms with E-state index in [0.717, 1.165) is 25.9 Å². The van der Waals surface area contributed by atoms with Crippen LogP contribution in [-0.4, -0.2) is 54.4 Å². The standard InChI is InChI=1S/C10H18N4O2S/c1-14-4-2-3-7(6-14)13-10(16)9(15)12-5-8(11)17/h7H,2-6H2,1H3,(H2,11,17)(H,12,15)(H,13,16). The molecule has 0 aromatic carbocycles. The van der Waals surface area contributed by atoms with Gasteiger partial charge >= 0.3 is 11.8 Å². The summed E-state index contributed by atoms with van der Waals surface area (Å²) < 4.78 is 0. The lowest BCUT2D eigenvalue weighted by Gasteiger charge is -2.29. The Bertz CT molecular complexity index is 321. The summed E-state index contributed by atoms with van der Waals surface area (Å²) in [5.41, 5.74) is 5.22. The van der Waals surface area contributed by atoms with Crippen LogP contribution in [0.2, 0.25) is 0 Å². The number of hydrogen-bond acceptors (Lipinski definition) is 4. The third-order valence-electron chi connectivity index (χ3n) is 2.59. The van der Waals surface area contributed by atoms with E-state index in [2.05, 4.69) is 27.8 Å². The minimum atomic E-state index is -0.689. The normalized spacial score (nSPS) is 20.6. The van der Waals surface area contributed by atoms with Crippen molar-refractivity contribution in [2.75, 3.05) is 26.7 Å². The van der Waals surface area contributed by atoms with Crippen LogP contribution in [0, 0.1) is 0 Å². The summed E-state index contributed by atoms with van der Waals surface area (Å²) in [5.74, 6) is -1.31. The Morgan fingerprint density at radius 3 is 2.76 bits per heavy atom. The Morgan fingerprint density at radius 2 is 2.18 bits per heavy atom. The van der Waals surface area contributed by atoms with Gasteiger partial charge in [0.15, 0.2) is 0 Å². The van der Waals surface area contributed by atoms with E-state index in [1.165, 1.54) is 0 Å². The maximum atomic E-state index is 11.5. The van der Waals surface area contributed by atoms with Crippen LogP contribution >= 0.6 is 12.2 Å². The third kappa shape index (κ3) is 5.10. The molecule has 0 aliphatic carbocycles. The van der Waals surface area contributed by atoms with Gasteiger partial charge in [-0.05, 0) is 26.4 Å². The molecule has 7 heteroatoms. The summed E-state index contributed by atoms with van der Waals surface area (Å²) in [6.07, 6.45) is 1.93. The minimum Gasteiger partial charge on any atom is -0.392 e. The van der Waals surface area contributed by atoms with Gasteiger partial charge in [0.1, 0.15) is 0 Å². The molecule has 0 radical (unpaired) electrons. The molecule has 17 heavy (non-hydrogen) atoms. The number of likely N-dealkylation sites (tertiary alicyclic amines) is 1. The first-order chi connectivity index (χ1) is 7.99. The Kier molecular flexibility index (Phi) is 5.30. The maximum absolute atomic E-state index is 11.5. The van der Waals surface area contributed by atoms with Gasteiger partial charge in [0, 0.05) is 12.6 Å². The van der Waals surface area contributed by atoms with Gasteiger partial charge in [0.05, 0.1) is 11.5 Å². The number of piperidine rings is 1. The SMILES string of the molecule is CN1CCCC(NC(=O)C(=O)NCC(N)=S)C1. The van der Waals surface area contributed by atoms with Crippen LogP contribution in [0.3, 0.4) is 0 Å². The third-order valence-corrected chi connectivity index (χ3v) is 2.73. The van der Waals surface area contributed by atoms with Gasteiger partial charge in [-0.3, -0.25) is 9.59 Å². The molecule has 1 aliphatic heterocycles. The van der Waals surface area contributed by atoms with Gasteiger partial charge < -0.3 is 21.3 Å². The Labute approximate surface area is 106 Å². The van der Waals surface area contributed by atoms with Crippen LogP contribution in [0.4, 0.5) is 0 Å². The van der Waals surface area contributed by atoms with E-state index in [-0.39, 0.29) is 17.6 Å². The minimum absolute atomic E-state index is 0.0387. The number of nitrogens with zero attached hydrogens (tertiary/aromatic N) is 1. The molecule has 0 spiro atoms. The van der Waals surface area contributed by atoms with E-state index in [0.29, 0.717) is 0 Å². The largest absolute Gasteiger partial charge is 0.392 e. The van der Waals surface area contributed by atoms with E-state index < -0.39 is 11.8 Å². The van der Waals surface area contributed by atoms with Crippen molar-refractivity contribution in [3.05, 3.63) is 0 Å². The summed E-state index contributed by atoms with van der Waals surface area (Å²) in [7, 11) is 1.99. The molecule has 96 valence electrons. The highest BCUT2D eigenvalue weighted by atomic mass is 32.1. The average Bonchev–Trinajstić information content (AvgIpc) is 2.25. The predicted molar refractivity (Wildman–Crippen MR) is 68.5 cm³/mol. The van der Waals surface area contributed by atoms with Gasteiger partial charge in [-0.1, -0.05) is 12.2 Å². The van der Waals surface area contributed by atoms with Gasteiger partial charge in [-0.25, -0.2) is 0 Å². The van der Waals surface area contributed by atoms with Crippen molar-refractivity contribution in [3.8, 4) is 0 Å². The molecule has 1 unspecified atom stereocenters. The van der Waals surface area contributed by atoms with Gasteiger partial charge in [-0.2, -0.15) is 0 Å². The lowest BCUT2D eigenvalue weighted by molar-refractivity contribution is -0.139. The molecule has 0 aromatic heterocycles. The molecule has 6 nitrogen and oxygen atoms in total. The second-order valence-corrected chi connectivity index (χ2v) is 4.75. The summed E-state index contributed by atoms with van der Waals surface area (Å²) in [5, 5.41) is 5.05. The fourth-order valence-electron chi connectivity index (χ4n) is 1.78. The first-order valence-corrected chi connectivity index (χ1v) is 5.95. The van der Waals surface area contributed by atoms with Gasteiger partial charge in [0.2, 0.25) is 0 Å². The lowest BCUT2D eigenvalue weighted by Crippen LogP contribution is -2.51. The number of carbonyl (C=O) groups excluding carboxylic acids is 2. The fourth-order valence-corrected chi connectivity index (χ4v) is 1.85. The van der Waals surface area contributed by atoms with E-state index in [4.69, 9.17) is 5.73 Å². The van der Waals surface area contributed by atoms with E-state index in [9.17, 15) is 9.59 Å². The van der Waals surface area contributed by atoms with Crippen molar-refractivity contribution in [1.29, 1.82) is 0 Å². The molecule has 1 aliphatic rings. The Hall–Kier alpha value is -1.21. The highest BCUT2D eigenvalue weighted by molar-refractivity contribution is 7.80. The maximum Gasteiger partial charge on any atom is 0.309 e. The molecule has 2 amide bonds. The average molecular weight is 258 g/mol. The number of carbonyl (C=O) groups is 2. The molecular formula is C10H18N4O2S. The fraction of sp³-hybridized carbons (Fsp3) is 0.700. The van der Waals surface area contributed by atoms with E-state index in [1.54, 1.807) is 0 Å². The first-order valence-electron chi connectivity index (χ1n) is 5.54. The van der Waals surface area contributed by atoms with Crippen LogP contribution in [0.15, 0.2) is 0 Å². The van der Waals surface area contributed by atoms with Crippen LogP contribution in [0.5, 0.6) is 0 Å². The second kappa shape index (κ2) is 6.51. The monoisotopic (exact) mass is 258 g/mol. The number of nitrogens with two attached hydrogens (primary N) is 1. The number of likely N-dealkylation sites (N-methyl/N-ethyl adjacent to an activating group) is 1. The molecule has 1 rings (SSSR count). The van der Waals surface area contributed by atoms with Crippen molar-refractivity contribution in [2.24, 2.45) is 5.73 Å². The number of amides is 2. The number of nitrogens with one attached hydrogen (secondary N) is 2. The summed E-state index contributed by atoms with van der Waals surface area (Å²) in [4.78, 5) is 25.1. The van der Waals surface area contributed by atoms with Crippen LogP contribution in [0.25, 0.3) is 0 Å². The predicted octanol–water partition coefficient (Wildman–Crippen LogP) is -1.40. The zero-order valence-corrected chi connectivity index (χ0v) is 10.7. The zero-order chi connectivity index (χ0) is 12.8. The zero-order valence-electron chi connectivity index (χ0n) is 9.86. The first kappa shape index (κ1) is 13.9. The molecular weight excluding hydrogens is 240 g/mol. The summed E-state index contributed by atoms with van der Waals surface area (Å²) in [6, 6.07) is 0.0387. The van der Waals surface area contributed by atoms with E-state index in [1.807, 2.05) is 7.05 Å². The molecule has 1 saturated heterocycles. The van der Waals surface area contributed by atoms with Crippen molar-refractivity contribution < 1.29 is 9.59 Å². The molecule has 1 heterocycles. The smallest absolute Gasteiger partial charge is 0.309 e. The van der Waals surface area contributed by atoms with E-state index >= 15 is 0 Å². The Morgan fingerprint density at radius 1 is 1.47 bits per heavy atom. The number of hydrogen-bond donors (Lipinski definition) is 3. The lowest BCUT2D eigenvalue weighted by atomic mass is 10.1. The number of rotatable bonds is 3. The topological polar surface area (TPSA) is 87.5 Å². The van der Waals surface area contributed by atoms with Gasteiger partial charge in [-0.15, -0.1) is 0 Å². The number of thiocarbonyl (C=S) groups is 1. The van der Waals surface area contributed by atoms with Crippen molar-refractivity contribution in [2.45, 2.75) is 18.9 Å². The Balaban J connectivity index is 2.32. The molecule has 4 N–H and O–H groups in total.